The lowest BCUT2D eigenvalue weighted by molar-refractivity contribution is -0.124. The number of aliphatic hydroxyl groups excluding tert-OH is 1. The average Bonchev–Trinajstić information content (AvgIpc) is 2.29. The van der Waals surface area contributed by atoms with Crippen molar-refractivity contribution in [2.75, 3.05) is 0 Å². The number of aliphatic hydroxyl groups is 1. The van der Waals surface area contributed by atoms with Crippen LogP contribution in [0.4, 0.5) is 4.39 Å². The summed E-state index contributed by atoms with van der Waals surface area (Å²) in [5.74, 6) is -1.58. The number of hydrogen-bond acceptors (Lipinski definition) is 3. The van der Waals surface area contributed by atoms with E-state index in [0.29, 0.717) is 0 Å². The number of nitrogens with two attached hydrogens (primary N) is 1. The molecule has 1 heterocycles. The molecule has 1 aromatic rings. The van der Waals surface area contributed by atoms with Gasteiger partial charge in [0.1, 0.15) is 11.6 Å². The number of carbonyl (C=O) groups is 1. The molecular weight excluding hydrogens is 223 g/mol. The largest absolute Gasteiger partial charge is 0.509 e. The van der Waals surface area contributed by atoms with Crippen LogP contribution < -0.4 is 11.1 Å². The first-order valence-corrected chi connectivity index (χ1v) is 4.97. The van der Waals surface area contributed by atoms with Crippen molar-refractivity contribution in [3.05, 3.63) is 59.8 Å². The SMILES string of the molecule is NC(=O)C1(c2cccc(F)c2)NC=CC=C1O. The first kappa shape index (κ1) is 11.2. The molecule has 1 aliphatic rings. The molecule has 0 saturated heterocycles. The summed E-state index contributed by atoms with van der Waals surface area (Å²) >= 11 is 0. The lowest BCUT2D eigenvalue weighted by Crippen LogP contribution is -2.53. The quantitative estimate of drug-likeness (QED) is 0.716. The molecule has 1 amide bonds. The normalized spacial score (nSPS) is 22.8. The molecule has 0 spiro atoms. The Labute approximate surface area is 97.2 Å². The summed E-state index contributed by atoms with van der Waals surface area (Å²) in [6, 6.07) is 5.37. The molecule has 0 bridgehead atoms. The monoisotopic (exact) mass is 234 g/mol. The average molecular weight is 234 g/mol. The number of hydrogen-bond donors (Lipinski definition) is 3. The molecule has 1 unspecified atom stereocenters. The van der Waals surface area contributed by atoms with E-state index < -0.39 is 17.3 Å². The second kappa shape index (κ2) is 3.93. The van der Waals surface area contributed by atoms with E-state index in [4.69, 9.17) is 5.73 Å². The van der Waals surface area contributed by atoms with Crippen LogP contribution in [0.25, 0.3) is 0 Å². The van der Waals surface area contributed by atoms with Gasteiger partial charge in [0.05, 0.1) is 0 Å². The minimum atomic E-state index is -1.60. The fourth-order valence-electron chi connectivity index (χ4n) is 1.80. The lowest BCUT2D eigenvalue weighted by atomic mass is 9.85. The summed E-state index contributed by atoms with van der Waals surface area (Å²) in [4.78, 5) is 11.6. The summed E-state index contributed by atoms with van der Waals surface area (Å²) < 4.78 is 13.2. The van der Waals surface area contributed by atoms with Crippen molar-refractivity contribution >= 4 is 5.91 Å². The second-order valence-electron chi connectivity index (χ2n) is 3.68. The van der Waals surface area contributed by atoms with E-state index in [1.165, 1.54) is 36.6 Å². The minimum Gasteiger partial charge on any atom is -0.509 e. The highest BCUT2D eigenvalue weighted by Gasteiger charge is 2.43. The maximum absolute atomic E-state index is 13.2. The van der Waals surface area contributed by atoms with Gasteiger partial charge in [0.2, 0.25) is 0 Å². The number of allylic oxidation sites excluding steroid dienone is 2. The fourth-order valence-corrected chi connectivity index (χ4v) is 1.80. The van der Waals surface area contributed by atoms with Crippen LogP contribution in [-0.2, 0) is 10.3 Å². The van der Waals surface area contributed by atoms with Crippen molar-refractivity contribution in [3.63, 3.8) is 0 Å². The van der Waals surface area contributed by atoms with E-state index in [9.17, 15) is 14.3 Å². The Morgan fingerprint density at radius 1 is 1.47 bits per heavy atom. The Morgan fingerprint density at radius 2 is 2.24 bits per heavy atom. The van der Waals surface area contributed by atoms with Gasteiger partial charge in [-0.15, -0.1) is 0 Å². The lowest BCUT2D eigenvalue weighted by Gasteiger charge is -2.32. The first-order valence-electron chi connectivity index (χ1n) is 4.97. The van der Waals surface area contributed by atoms with Crippen LogP contribution in [0.3, 0.4) is 0 Å². The molecule has 0 saturated carbocycles. The summed E-state index contributed by atoms with van der Waals surface area (Å²) in [5, 5.41) is 12.5. The third-order valence-electron chi connectivity index (χ3n) is 2.66. The van der Waals surface area contributed by atoms with Gasteiger partial charge in [-0.3, -0.25) is 4.79 Å². The molecule has 17 heavy (non-hydrogen) atoms. The van der Waals surface area contributed by atoms with Crippen molar-refractivity contribution in [1.82, 2.24) is 5.32 Å². The molecule has 0 aromatic heterocycles. The van der Waals surface area contributed by atoms with E-state index in [-0.39, 0.29) is 11.3 Å². The molecular formula is C12H11FN2O2. The van der Waals surface area contributed by atoms with Crippen LogP contribution in [0.5, 0.6) is 0 Å². The Hall–Kier alpha value is -2.30. The van der Waals surface area contributed by atoms with Crippen molar-refractivity contribution in [2.45, 2.75) is 5.54 Å². The minimum absolute atomic E-state index is 0.253. The highest BCUT2D eigenvalue weighted by atomic mass is 19.1. The summed E-state index contributed by atoms with van der Waals surface area (Å²) in [6.07, 6.45) is 4.33. The smallest absolute Gasteiger partial charge is 0.255 e. The van der Waals surface area contributed by atoms with Crippen molar-refractivity contribution in [3.8, 4) is 0 Å². The molecule has 2 rings (SSSR count). The number of rotatable bonds is 2. The molecule has 88 valence electrons. The first-order chi connectivity index (χ1) is 8.07. The standard InChI is InChI=1S/C12H11FN2O2/c13-9-4-1-3-8(7-9)12(11(14)17)10(16)5-2-6-15-12/h1-7,15-16H,(H2,14,17). The van der Waals surface area contributed by atoms with Crippen LogP contribution in [0.1, 0.15) is 5.56 Å². The van der Waals surface area contributed by atoms with E-state index in [2.05, 4.69) is 5.32 Å². The third kappa shape index (κ3) is 1.65. The van der Waals surface area contributed by atoms with E-state index in [1.807, 2.05) is 0 Å². The van der Waals surface area contributed by atoms with Crippen LogP contribution in [0.2, 0.25) is 0 Å². The highest BCUT2D eigenvalue weighted by Crippen LogP contribution is 2.30. The number of dihydropyridines is 1. The molecule has 0 radical (unpaired) electrons. The van der Waals surface area contributed by atoms with Crippen LogP contribution in [0, 0.1) is 5.82 Å². The van der Waals surface area contributed by atoms with Crippen LogP contribution >= 0.6 is 0 Å². The number of amides is 1. The molecule has 4 nitrogen and oxygen atoms in total. The predicted molar refractivity (Wildman–Crippen MR) is 60.3 cm³/mol. The van der Waals surface area contributed by atoms with Gasteiger partial charge < -0.3 is 16.2 Å². The summed E-state index contributed by atoms with van der Waals surface area (Å²) in [5.41, 5.74) is 3.97. The Morgan fingerprint density at radius 3 is 2.82 bits per heavy atom. The predicted octanol–water partition coefficient (Wildman–Crippen LogP) is 1.07. The number of halogens is 1. The third-order valence-corrected chi connectivity index (χ3v) is 2.66. The molecule has 0 fully saturated rings. The molecule has 1 atom stereocenters. The van der Waals surface area contributed by atoms with Gasteiger partial charge >= 0.3 is 0 Å². The van der Waals surface area contributed by atoms with E-state index >= 15 is 0 Å². The zero-order valence-electron chi connectivity index (χ0n) is 8.85. The number of primary amides is 1. The summed E-state index contributed by atoms with van der Waals surface area (Å²) in [6.45, 7) is 0. The zero-order chi connectivity index (χ0) is 12.5. The van der Waals surface area contributed by atoms with Crippen molar-refractivity contribution in [2.24, 2.45) is 5.73 Å². The molecule has 5 heteroatoms. The number of benzene rings is 1. The van der Waals surface area contributed by atoms with Gasteiger partial charge in [-0.25, -0.2) is 4.39 Å². The topological polar surface area (TPSA) is 75.4 Å². The van der Waals surface area contributed by atoms with Gasteiger partial charge in [0.15, 0.2) is 5.54 Å². The summed E-state index contributed by atoms with van der Waals surface area (Å²) in [7, 11) is 0. The Bertz CT molecular complexity index is 525. The maximum Gasteiger partial charge on any atom is 0.255 e. The molecule has 4 N–H and O–H groups in total. The van der Waals surface area contributed by atoms with Crippen LogP contribution in [0.15, 0.2) is 48.4 Å². The molecule has 1 aromatic carbocycles. The van der Waals surface area contributed by atoms with E-state index in [1.54, 1.807) is 0 Å². The van der Waals surface area contributed by atoms with Gasteiger partial charge in [-0.1, -0.05) is 12.1 Å². The number of nitrogens with one attached hydrogen (secondary N) is 1. The molecule has 0 aliphatic carbocycles. The van der Waals surface area contributed by atoms with Gasteiger partial charge in [-0.2, -0.15) is 0 Å². The van der Waals surface area contributed by atoms with Gasteiger partial charge in [0, 0.05) is 0 Å². The Kier molecular flexibility index (Phi) is 2.59. The van der Waals surface area contributed by atoms with Crippen LogP contribution in [-0.4, -0.2) is 11.0 Å². The van der Waals surface area contributed by atoms with Crippen molar-refractivity contribution in [1.29, 1.82) is 0 Å². The second-order valence-corrected chi connectivity index (χ2v) is 3.68. The van der Waals surface area contributed by atoms with Gasteiger partial charge in [-0.05, 0) is 36.0 Å². The number of carbonyl (C=O) groups excluding carboxylic acids is 1. The maximum atomic E-state index is 13.2. The van der Waals surface area contributed by atoms with Gasteiger partial charge in [0.25, 0.3) is 5.91 Å². The zero-order valence-corrected chi connectivity index (χ0v) is 8.85. The Balaban J connectivity index is 2.61. The molecule has 1 aliphatic heterocycles. The van der Waals surface area contributed by atoms with Crippen molar-refractivity contribution < 1.29 is 14.3 Å². The fraction of sp³-hybridized carbons (Fsp3) is 0.0833. The van der Waals surface area contributed by atoms with E-state index in [0.717, 1.165) is 6.07 Å². The highest BCUT2D eigenvalue weighted by molar-refractivity contribution is 5.90.